The van der Waals surface area contributed by atoms with Crippen molar-refractivity contribution in [1.82, 2.24) is 9.97 Å². The van der Waals surface area contributed by atoms with E-state index in [-0.39, 0.29) is 0 Å². The van der Waals surface area contributed by atoms with Crippen LogP contribution < -0.4 is 5.32 Å². The maximum Gasteiger partial charge on any atom is 0.173 e. The van der Waals surface area contributed by atoms with Crippen LogP contribution >= 0.6 is 54.8 Å². The second kappa shape index (κ2) is 5.83. The summed E-state index contributed by atoms with van der Waals surface area (Å²) in [6.45, 7) is 1.98. The van der Waals surface area contributed by atoms with Crippen LogP contribution in [0, 0.1) is 6.92 Å². The molecule has 3 nitrogen and oxygen atoms in total. The molecule has 0 aliphatic rings. The van der Waals surface area contributed by atoms with Gasteiger partial charge >= 0.3 is 0 Å². The summed E-state index contributed by atoms with van der Waals surface area (Å²) in [5.41, 5.74) is 1.90. The average Bonchev–Trinajstić information content (AvgIpc) is 2.78. The molecular weight excluding hydrogens is 438 g/mol. The second-order valence-corrected chi connectivity index (χ2v) is 7.52. The zero-order valence-electron chi connectivity index (χ0n) is 11.2. The molecule has 7 heteroatoms. The lowest BCUT2D eigenvalue weighted by molar-refractivity contribution is 1.22. The molecule has 0 spiro atoms. The molecule has 108 valence electrons. The summed E-state index contributed by atoms with van der Waals surface area (Å²) in [5.74, 6) is 1.41. The van der Waals surface area contributed by atoms with E-state index in [4.69, 9.17) is 11.6 Å². The van der Waals surface area contributed by atoms with Crippen molar-refractivity contribution in [2.45, 2.75) is 6.92 Å². The van der Waals surface area contributed by atoms with Crippen molar-refractivity contribution >= 4 is 71.5 Å². The fourth-order valence-corrected chi connectivity index (χ4v) is 4.55. The van der Waals surface area contributed by atoms with Crippen molar-refractivity contribution < 1.29 is 0 Å². The lowest BCUT2D eigenvalue weighted by Crippen LogP contribution is -1.99. The lowest BCUT2D eigenvalue weighted by atomic mass is 10.2. The molecule has 3 aromatic rings. The number of nitrogens with zero attached hydrogens (tertiary/aromatic N) is 2. The Morgan fingerprint density at radius 3 is 2.62 bits per heavy atom. The standard InChI is InChI=1S/C14H10Br2ClN3S/c1-6-5-21-12(10(6)17)14-19-11-8(13(18-2)20-14)3-7(15)4-9(11)16/h3-5H,1-2H3,(H,18,19,20). The lowest BCUT2D eigenvalue weighted by Gasteiger charge is -2.09. The molecule has 0 amide bonds. The maximum atomic E-state index is 6.35. The van der Waals surface area contributed by atoms with Gasteiger partial charge in [0.1, 0.15) is 5.82 Å². The van der Waals surface area contributed by atoms with E-state index in [1.54, 1.807) is 11.3 Å². The first-order valence-corrected chi connectivity index (χ1v) is 8.94. The first-order chi connectivity index (χ1) is 10.0. The molecule has 2 aromatic heterocycles. The molecule has 0 aliphatic heterocycles. The number of hydrogen-bond donors (Lipinski definition) is 1. The van der Waals surface area contributed by atoms with Crippen LogP contribution in [0.3, 0.4) is 0 Å². The van der Waals surface area contributed by atoms with Gasteiger partial charge in [-0.25, -0.2) is 9.97 Å². The van der Waals surface area contributed by atoms with Crippen molar-refractivity contribution in [3.8, 4) is 10.7 Å². The zero-order valence-corrected chi connectivity index (χ0v) is 15.9. The molecule has 0 aliphatic carbocycles. The normalized spacial score (nSPS) is 11.1. The van der Waals surface area contributed by atoms with E-state index in [0.717, 1.165) is 41.1 Å². The van der Waals surface area contributed by atoms with E-state index in [1.165, 1.54) is 0 Å². The van der Waals surface area contributed by atoms with Gasteiger partial charge < -0.3 is 5.32 Å². The highest BCUT2D eigenvalue weighted by Crippen LogP contribution is 2.38. The summed E-state index contributed by atoms with van der Waals surface area (Å²) in [4.78, 5) is 10.2. The number of thiophene rings is 1. The van der Waals surface area contributed by atoms with Gasteiger partial charge in [-0.1, -0.05) is 27.5 Å². The second-order valence-electron chi connectivity index (χ2n) is 4.49. The first-order valence-electron chi connectivity index (χ1n) is 6.09. The number of anilines is 1. The SMILES string of the molecule is CNc1nc(-c2scc(C)c2Cl)nc2c(Br)cc(Br)cc12. The third-order valence-corrected chi connectivity index (χ3v) is 5.81. The summed E-state index contributed by atoms with van der Waals surface area (Å²) in [6.07, 6.45) is 0. The van der Waals surface area contributed by atoms with Crippen LogP contribution in [0.2, 0.25) is 5.02 Å². The van der Waals surface area contributed by atoms with Crippen molar-refractivity contribution in [3.63, 3.8) is 0 Å². The first kappa shape index (κ1) is 15.2. The van der Waals surface area contributed by atoms with Crippen LogP contribution in [0.4, 0.5) is 5.82 Å². The Kier molecular flexibility index (Phi) is 4.23. The predicted molar refractivity (Wildman–Crippen MR) is 97.5 cm³/mol. The third-order valence-electron chi connectivity index (χ3n) is 3.06. The largest absolute Gasteiger partial charge is 0.373 e. The monoisotopic (exact) mass is 445 g/mol. The molecule has 3 rings (SSSR count). The minimum Gasteiger partial charge on any atom is -0.373 e. The van der Waals surface area contributed by atoms with Gasteiger partial charge in [-0.05, 0) is 45.9 Å². The van der Waals surface area contributed by atoms with Crippen molar-refractivity contribution in [2.75, 3.05) is 12.4 Å². The highest BCUT2D eigenvalue weighted by Gasteiger charge is 2.16. The van der Waals surface area contributed by atoms with Gasteiger partial charge in [0.15, 0.2) is 5.82 Å². The van der Waals surface area contributed by atoms with E-state index in [1.807, 2.05) is 31.5 Å². The van der Waals surface area contributed by atoms with E-state index in [9.17, 15) is 0 Å². The molecule has 1 aromatic carbocycles. The van der Waals surface area contributed by atoms with Crippen molar-refractivity contribution in [1.29, 1.82) is 0 Å². The van der Waals surface area contributed by atoms with Gasteiger partial charge in [0.25, 0.3) is 0 Å². The van der Waals surface area contributed by atoms with E-state index in [0.29, 0.717) is 5.82 Å². The Bertz CT molecular complexity index is 848. The van der Waals surface area contributed by atoms with Crippen molar-refractivity contribution in [2.24, 2.45) is 0 Å². The average molecular weight is 448 g/mol. The molecule has 0 atom stereocenters. The number of aromatic nitrogens is 2. The summed E-state index contributed by atoms with van der Waals surface area (Å²) < 4.78 is 1.89. The molecule has 0 bridgehead atoms. The van der Waals surface area contributed by atoms with E-state index < -0.39 is 0 Å². The number of fused-ring (bicyclic) bond motifs is 1. The fraction of sp³-hybridized carbons (Fsp3) is 0.143. The van der Waals surface area contributed by atoms with Crippen molar-refractivity contribution in [3.05, 3.63) is 37.0 Å². The molecule has 21 heavy (non-hydrogen) atoms. The van der Waals surface area contributed by atoms with Crippen LogP contribution in [0.1, 0.15) is 5.56 Å². The minimum absolute atomic E-state index is 0.637. The number of halogens is 3. The molecule has 1 N–H and O–H groups in total. The Balaban J connectivity index is 2.34. The zero-order chi connectivity index (χ0) is 15.1. The van der Waals surface area contributed by atoms with Gasteiger partial charge in [-0.3, -0.25) is 0 Å². The summed E-state index contributed by atoms with van der Waals surface area (Å²) in [7, 11) is 1.85. The van der Waals surface area contributed by atoms with Gasteiger partial charge in [-0.2, -0.15) is 0 Å². The minimum atomic E-state index is 0.637. The Labute approximate surface area is 148 Å². The molecule has 0 saturated carbocycles. The molecule has 0 saturated heterocycles. The van der Waals surface area contributed by atoms with Crippen LogP contribution in [0.15, 0.2) is 26.5 Å². The fourth-order valence-electron chi connectivity index (χ4n) is 2.03. The number of nitrogens with one attached hydrogen (secondary N) is 1. The smallest absolute Gasteiger partial charge is 0.173 e. The van der Waals surface area contributed by atoms with E-state index >= 15 is 0 Å². The molecule has 0 fully saturated rings. The van der Waals surface area contributed by atoms with Gasteiger partial charge in [0.2, 0.25) is 0 Å². The topological polar surface area (TPSA) is 37.8 Å². The molecule has 2 heterocycles. The number of rotatable bonds is 2. The van der Waals surface area contributed by atoms with Crippen LogP contribution in [-0.2, 0) is 0 Å². The Morgan fingerprint density at radius 2 is 2.00 bits per heavy atom. The Morgan fingerprint density at radius 1 is 1.24 bits per heavy atom. The summed E-state index contributed by atoms with van der Waals surface area (Å²) in [5, 5.41) is 6.81. The van der Waals surface area contributed by atoms with Gasteiger partial charge in [0.05, 0.1) is 15.4 Å². The van der Waals surface area contributed by atoms with Crippen LogP contribution in [0.5, 0.6) is 0 Å². The summed E-state index contributed by atoms with van der Waals surface area (Å²) in [6, 6.07) is 3.97. The van der Waals surface area contributed by atoms with Gasteiger partial charge in [0, 0.05) is 21.4 Å². The quantitative estimate of drug-likeness (QED) is 0.533. The third kappa shape index (κ3) is 2.70. The van der Waals surface area contributed by atoms with Crippen LogP contribution in [0.25, 0.3) is 21.6 Å². The molecule has 0 unspecified atom stereocenters. The highest BCUT2D eigenvalue weighted by molar-refractivity contribution is 9.11. The highest BCUT2D eigenvalue weighted by atomic mass is 79.9. The summed E-state index contributed by atoms with van der Waals surface area (Å²) >= 11 is 15.0. The van der Waals surface area contributed by atoms with Gasteiger partial charge in [-0.15, -0.1) is 11.3 Å². The Hall–Kier alpha value is -0.690. The number of hydrogen-bond acceptors (Lipinski definition) is 4. The number of benzene rings is 1. The van der Waals surface area contributed by atoms with Crippen LogP contribution in [-0.4, -0.2) is 17.0 Å². The predicted octanol–water partition coefficient (Wildman–Crippen LogP) is 5.89. The maximum absolute atomic E-state index is 6.35. The van der Waals surface area contributed by atoms with E-state index in [2.05, 4.69) is 47.1 Å². The molecule has 0 radical (unpaired) electrons. The molecular formula is C14H10Br2ClN3S. The number of aryl methyl sites for hydroxylation is 1.